The van der Waals surface area contributed by atoms with Crippen molar-refractivity contribution in [3.05, 3.63) is 36.0 Å². The van der Waals surface area contributed by atoms with Gasteiger partial charge in [-0.2, -0.15) is 0 Å². The number of nitrogens with zero attached hydrogens (tertiary/aromatic N) is 1. The molecular formula is C16H26N2. The van der Waals surface area contributed by atoms with Gasteiger partial charge in [-0.15, -0.1) is 0 Å². The summed E-state index contributed by atoms with van der Waals surface area (Å²) in [6, 6.07) is 5.98. The first-order valence-corrected chi connectivity index (χ1v) is 7.19. The van der Waals surface area contributed by atoms with E-state index in [-0.39, 0.29) is 0 Å². The van der Waals surface area contributed by atoms with Gasteiger partial charge in [-0.25, -0.2) is 4.98 Å². The van der Waals surface area contributed by atoms with Crippen LogP contribution < -0.4 is 5.32 Å². The van der Waals surface area contributed by atoms with Gasteiger partial charge < -0.3 is 5.32 Å². The highest BCUT2D eigenvalue weighted by Crippen LogP contribution is 2.11. The second-order valence-electron chi connectivity index (χ2n) is 4.68. The van der Waals surface area contributed by atoms with E-state index >= 15 is 0 Å². The number of unbranched alkanes of at least 4 members (excludes halogenated alkanes) is 3. The molecule has 0 unspecified atom stereocenters. The minimum Gasteiger partial charge on any atom is -0.366 e. The van der Waals surface area contributed by atoms with Crippen LogP contribution in [0.3, 0.4) is 0 Å². The molecule has 1 aromatic rings. The lowest BCUT2D eigenvalue weighted by molar-refractivity contribution is 0.761. The zero-order valence-electron chi connectivity index (χ0n) is 11.8. The summed E-state index contributed by atoms with van der Waals surface area (Å²) in [6.07, 6.45) is 11.8. The van der Waals surface area contributed by atoms with Crippen molar-refractivity contribution < 1.29 is 0 Å². The van der Waals surface area contributed by atoms with Gasteiger partial charge in [0, 0.05) is 12.7 Å². The summed E-state index contributed by atoms with van der Waals surface area (Å²) in [5, 5.41) is 3.40. The molecule has 0 fully saturated rings. The zero-order chi connectivity index (χ0) is 13.1. The van der Waals surface area contributed by atoms with Crippen molar-refractivity contribution in [2.24, 2.45) is 0 Å². The molecule has 0 radical (unpaired) electrons. The summed E-state index contributed by atoms with van der Waals surface area (Å²) in [7, 11) is 0. The maximum atomic E-state index is 4.29. The Balaban J connectivity index is 2.42. The number of hydrogen-bond acceptors (Lipinski definition) is 2. The van der Waals surface area contributed by atoms with Gasteiger partial charge in [0.1, 0.15) is 5.82 Å². The Labute approximate surface area is 112 Å². The third kappa shape index (κ3) is 6.43. The predicted molar refractivity (Wildman–Crippen MR) is 79.9 cm³/mol. The Morgan fingerprint density at radius 1 is 1.22 bits per heavy atom. The van der Waals surface area contributed by atoms with Crippen molar-refractivity contribution in [3.63, 3.8) is 0 Å². The monoisotopic (exact) mass is 246 g/mol. The van der Waals surface area contributed by atoms with Gasteiger partial charge in [0.2, 0.25) is 0 Å². The molecule has 0 spiro atoms. The highest BCUT2D eigenvalue weighted by Gasteiger charge is 1.98. The smallest absolute Gasteiger partial charge is 0.126 e. The molecule has 1 N–H and O–H groups in total. The summed E-state index contributed by atoms with van der Waals surface area (Å²) in [4.78, 5) is 4.29. The Bertz CT molecular complexity index is 330. The fourth-order valence-electron chi connectivity index (χ4n) is 1.85. The Kier molecular flexibility index (Phi) is 7.94. The molecule has 0 bridgehead atoms. The van der Waals surface area contributed by atoms with Crippen LogP contribution >= 0.6 is 0 Å². The van der Waals surface area contributed by atoms with E-state index in [0.29, 0.717) is 0 Å². The Morgan fingerprint density at radius 2 is 2.06 bits per heavy atom. The quantitative estimate of drug-likeness (QED) is 0.500. The van der Waals surface area contributed by atoms with Crippen molar-refractivity contribution in [2.75, 3.05) is 11.9 Å². The number of allylic oxidation sites excluding steroid dienone is 1. The van der Waals surface area contributed by atoms with Gasteiger partial charge in [-0.1, -0.05) is 50.8 Å². The van der Waals surface area contributed by atoms with Crippen molar-refractivity contribution in [1.29, 1.82) is 0 Å². The Hall–Kier alpha value is -1.31. The molecule has 0 saturated carbocycles. The van der Waals surface area contributed by atoms with Crippen LogP contribution in [0.25, 0.3) is 0 Å². The predicted octanol–water partition coefficient (Wildman–Crippen LogP) is 4.80. The number of hydrogen-bond donors (Lipinski definition) is 1. The van der Waals surface area contributed by atoms with Crippen LogP contribution in [0.4, 0.5) is 5.82 Å². The van der Waals surface area contributed by atoms with E-state index in [1.165, 1.54) is 44.1 Å². The van der Waals surface area contributed by atoms with Gasteiger partial charge in [-0.3, -0.25) is 0 Å². The average Bonchev–Trinajstić information content (AvgIpc) is 2.42. The number of pyridine rings is 1. The SMILES string of the molecule is CCCC/C=C(\CCCC)CNc1ccccn1. The van der Waals surface area contributed by atoms with Crippen LogP contribution in [0.1, 0.15) is 52.4 Å². The molecule has 1 rings (SSSR count). The fraction of sp³-hybridized carbons (Fsp3) is 0.562. The largest absolute Gasteiger partial charge is 0.366 e. The molecule has 0 saturated heterocycles. The molecule has 2 nitrogen and oxygen atoms in total. The molecule has 1 aromatic heterocycles. The number of anilines is 1. The standard InChI is InChI=1S/C16H26N2/c1-3-5-7-11-15(10-6-4-2)14-18-16-12-8-9-13-17-16/h8-9,11-13H,3-7,10,14H2,1-2H3,(H,17,18)/b15-11+. The number of rotatable bonds is 9. The molecule has 0 aromatic carbocycles. The van der Waals surface area contributed by atoms with Gasteiger partial charge >= 0.3 is 0 Å². The van der Waals surface area contributed by atoms with E-state index in [9.17, 15) is 0 Å². The maximum Gasteiger partial charge on any atom is 0.126 e. The van der Waals surface area contributed by atoms with Crippen LogP contribution in [-0.2, 0) is 0 Å². The minimum atomic E-state index is 0.931. The molecule has 1 heterocycles. The third-order valence-electron chi connectivity index (χ3n) is 3.00. The average molecular weight is 246 g/mol. The van der Waals surface area contributed by atoms with Crippen molar-refractivity contribution in [2.45, 2.75) is 52.4 Å². The molecule has 0 amide bonds. The first kappa shape index (κ1) is 14.7. The van der Waals surface area contributed by atoms with Crippen molar-refractivity contribution >= 4 is 5.82 Å². The third-order valence-corrected chi connectivity index (χ3v) is 3.00. The summed E-state index contributed by atoms with van der Waals surface area (Å²) in [6.45, 7) is 5.42. The molecule has 0 aliphatic rings. The van der Waals surface area contributed by atoms with Crippen molar-refractivity contribution in [3.8, 4) is 0 Å². The Morgan fingerprint density at radius 3 is 2.72 bits per heavy atom. The minimum absolute atomic E-state index is 0.931. The lowest BCUT2D eigenvalue weighted by Crippen LogP contribution is -2.06. The van der Waals surface area contributed by atoms with E-state index in [1.54, 1.807) is 0 Å². The van der Waals surface area contributed by atoms with Crippen LogP contribution in [-0.4, -0.2) is 11.5 Å². The van der Waals surface area contributed by atoms with E-state index < -0.39 is 0 Å². The highest BCUT2D eigenvalue weighted by atomic mass is 15.0. The normalized spacial score (nSPS) is 11.6. The van der Waals surface area contributed by atoms with Crippen LogP contribution in [0.2, 0.25) is 0 Å². The topological polar surface area (TPSA) is 24.9 Å². The number of nitrogens with one attached hydrogen (secondary N) is 1. The lowest BCUT2D eigenvalue weighted by atomic mass is 10.1. The summed E-state index contributed by atoms with van der Waals surface area (Å²) in [5.41, 5.74) is 1.52. The lowest BCUT2D eigenvalue weighted by Gasteiger charge is -2.09. The van der Waals surface area contributed by atoms with E-state index in [0.717, 1.165) is 12.4 Å². The molecule has 0 aliphatic carbocycles. The maximum absolute atomic E-state index is 4.29. The summed E-state index contributed by atoms with van der Waals surface area (Å²) in [5.74, 6) is 0.968. The molecule has 0 atom stereocenters. The van der Waals surface area contributed by atoms with Crippen LogP contribution in [0.5, 0.6) is 0 Å². The molecular weight excluding hydrogens is 220 g/mol. The van der Waals surface area contributed by atoms with Gasteiger partial charge in [-0.05, 0) is 31.4 Å². The molecule has 0 aliphatic heterocycles. The number of aromatic nitrogens is 1. The second-order valence-corrected chi connectivity index (χ2v) is 4.68. The second kappa shape index (κ2) is 9.69. The highest BCUT2D eigenvalue weighted by molar-refractivity contribution is 5.35. The van der Waals surface area contributed by atoms with Crippen LogP contribution in [0, 0.1) is 0 Å². The van der Waals surface area contributed by atoms with Crippen LogP contribution in [0.15, 0.2) is 36.0 Å². The first-order chi connectivity index (χ1) is 8.86. The summed E-state index contributed by atoms with van der Waals surface area (Å²) < 4.78 is 0. The molecule has 2 heteroatoms. The summed E-state index contributed by atoms with van der Waals surface area (Å²) >= 11 is 0. The fourth-order valence-corrected chi connectivity index (χ4v) is 1.85. The van der Waals surface area contributed by atoms with Gasteiger partial charge in [0.15, 0.2) is 0 Å². The molecule has 18 heavy (non-hydrogen) atoms. The van der Waals surface area contributed by atoms with E-state index in [4.69, 9.17) is 0 Å². The first-order valence-electron chi connectivity index (χ1n) is 7.19. The van der Waals surface area contributed by atoms with E-state index in [2.05, 4.69) is 30.2 Å². The van der Waals surface area contributed by atoms with Gasteiger partial charge in [0.25, 0.3) is 0 Å². The molecule has 100 valence electrons. The van der Waals surface area contributed by atoms with E-state index in [1.807, 2.05) is 24.4 Å². The van der Waals surface area contributed by atoms with Crippen molar-refractivity contribution in [1.82, 2.24) is 4.98 Å². The zero-order valence-corrected chi connectivity index (χ0v) is 11.8. The van der Waals surface area contributed by atoms with Gasteiger partial charge in [0.05, 0.1) is 0 Å².